The number of hydrogen-bond acceptors (Lipinski definition) is 6. The van der Waals surface area contributed by atoms with Crippen LogP contribution >= 0.6 is 0 Å². The lowest BCUT2D eigenvalue weighted by Gasteiger charge is -2.25. The van der Waals surface area contributed by atoms with Gasteiger partial charge in [0.1, 0.15) is 5.82 Å². The Morgan fingerprint density at radius 1 is 1.18 bits per heavy atom. The predicted molar refractivity (Wildman–Crippen MR) is 133 cm³/mol. The Morgan fingerprint density at radius 2 is 1.85 bits per heavy atom. The van der Waals surface area contributed by atoms with Gasteiger partial charge in [0.25, 0.3) is 11.1 Å². The number of hydrogen-bond donors (Lipinski definition) is 2. The van der Waals surface area contributed by atoms with Crippen molar-refractivity contribution in [3.63, 3.8) is 0 Å². The Hall–Kier alpha value is -3.69. The van der Waals surface area contributed by atoms with Crippen LogP contribution in [0.25, 0.3) is 10.8 Å². The first-order valence-electron chi connectivity index (χ1n) is 11.5. The second-order valence-corrected chi connectivity index (χ2v) is 8.82. The fourth-order valence-electron chi connectivity index (χ4n) is 3.87. The van der Waals surface area contributed by atoms with Crippen molar-refractivity contribution in [3.8, 4) is 0 Å². The largest absolute Gasteiger partial charge is 0.383 e. The molecule has 0 fully saturated rings. The molecule has 2 heterocycles. The molecule has 10 heteroatoms. The average molecular weight is 469 g/mol. The van der Waals surface area contributed by atoms with E-state index in [2.05, 4.69) is 10.1 Å². The molecule has 34 heavy (non-hydrogen) atoms. The molecule has 3 rings (SSSR count). The van der Waals surface area contributed by atoms with Crippen LogP contribution < -0.4 is 27.4 Å². The molecule has 0 radical (unpaired) electrons. The Bertz CT molecular complexity index is 1370. The number of rotatable bonds is 9. The number of fused-ring (bicyclic) bond motifs is 1. The van der Waals surface area contributed by atoms with Crippen LogP contribution in [0.3, 0.4) is 0 Å². The van der Waals surface area contributed by atoms with Crippen LogP contribution in [-0.4, -0.2) is 31.8 Å². The van der Waals surface area contributed by atoms with E-state index in [-0.39, 0.29) is 35.9 Å². The Labute approximate surface area is 197 Å². The maximum Gasteiger partial charge on any atom is 0.330 e. The molecule has 0 saturated heterocycles. The number of benzene rings is 1. The van der Waals surface area contributed by atoms with E-state index in [0.717, 1.165) is 6.42 Å². The van der Waals surface area contributed by atoms with E-state index in [1.165, 1.54) is 21.2 Å². The highest BCUT2D eigenvalue weighted by atomic mass is 16.2. The number of nitrogens with one attached hydrogen (secondary N) is 1. The number of aromatic amines is 1. The number of H-pyrrole nitrogens is 1. The molecule has 10 nitrogen and oxygen atoms in total. The maximum atomic E-state index is 13.6. The fourth-order valence-corrected chi connectivity index (χ4v) is 3.87. The van der Waals surface area contributed by atoms with Gasteiger partial charge in [-0.3, -0.25) is 23.9 Å². The molecule has 0 aliphatic rings. The van der Waals surface area contributed by atoms with Crippen LogP contribution in [0.15, 0.2) is 38.6 Å². The van der Waals surface area contributed by atoms with Crippen molar-refractivity contribution in [3.05, 3.63) is 61.2 Å². The number of aryl methyl sites for hydroxylation is 1. The third kappa shape index (κ3) is 5.11. The Balaban J connectivity index is 2.10. The Morgan fingerprint density at radius 3 is 2.50 bits per heavy atom. The minimum absolute atomic E-state index is 0.0300. The highest BCUT2D eigenvalue weighted by Crippen LogP contribution is 2.21. The summed E-state index contributed by atoms with van der Waals surface area (Å²) in [4.78, 5) is 54.9. The summed E-state index contributed by atoms with van der Waals surface area (Å²) in [7, 11) is 1.53. The lowest BCUT2D eigenvalue weighted by atomic mass is 10.1. The molecule has 3 aromatic rings. The van der Waals surface area contributed by atoms with Gasteiger partial charge in [-0.15, -0.1) is 0 Å². The molecule has 0 saturated carbocycles. The Kier molecular flexibility index (Phi) is 7.70. The standard InChI is InChI=1S/C24H32N6O4/c1-5-6-12-30-21(25)20(22(32)26-24(30)34)29(13-11-15(2)3)19(31)14-18-16-9-7-8-10-17(16)23(33)28(4)27-18/h7-10,15H,5-6,11-14,25H2,1-4H3,(H,26,32,34). The quantitative estimate of drug-likeness (QED) is 0.491. The van der Waals surface area contributed by atoms with Crippen LogP contribution in [0.5, 0.6) is 0 Å². The minimum Gasteiger partial charge on any atom is -0.383 e. The molecule has 1 amide bonds. The number of anilines is 2. The highest BCUT2D eigenvalue weighted by Gasteiger charge is 2.25. The zero-order chi connectivity index (χ0) is 25.0. The summed E-state index contributed by atoms with van der Waals surface area (Å²) < 4.78 is 2.51. The molecular weight excluding hydrogens is 436 g/mol. The summed E-state index contributed by atoms with van der Waals surface area (Å²) in [5.74, 6) is -0.162. The predicted octanol–water partition coefficient (Wildman–Crippen LogP) is 1.79. The topological polar surface area (TPSA) is 136 Å². The summed E-state index contributed by atoms with van der Waals surface area (Å²) >= 11 is 0. The van der Waals surface area contributed by atoms with Gasteiger partial charge in [-0.2, -0.15) is 5.10 Å². The number of aromatic nitrogens is 4. The lowest BCUT2D eigenvalue weighted by Crippen LogP contribution is -2.42. The summed E-state index contributed by atoms with van der Waals surface area (Å²) in [6.45, 7) is 6.60. The minimum atomic E-state index is -0.703. The van der Waals surface area contributed by atoms with Crippen molar-refractivity contribution in [2.45, 2.75) is 53.0 Å². The third-order valence-corrected chi connectivity index (χ3v) is 5.80. The van der Waals surface area contributed by atoms with Crippen LogP contribution in [0.4, 0.5) is 11.5 Å². The van der Waals surface area contributed by atoms with Crippen molar-refractivity contribution in [2.24, 2.45) is 13.0 Å². The number of carbonyl (C=O) groups excluding carboxylic acids is 1. The number of nitrogens with zero attached hydrogens (tertiary/aromatic N) is 4. The smallest absolute Gasteiger partial charge is 0.330 e. The molecule has 3 N–H and O–H groups in total. The summed E-state index contributed by atoms with van der Waals surface area (Å²) in [6, 6.07) is 6.97. The monoisotopic (exact) mass is 468 g/mol. The summed E-state index contributed by atoms with van der Waals surface area (Å²) in [6.07, 6.45) is 2.02. The molecule has 0 atom stereocenters. The van der Waals surface area contributed by atoms with E-state index in [0.29, 0.717) is 35.9 Å². The SMILES string of the molecule is CCCCn1c(N)c(N(CCC(C)C)C(=O)Cc2nn(C)c(=O)c3ccccc23)c(=O)[nH]c1=O. The molecule has 0 unspecified atom stereocenters. The lowest BCUT2D eigenvalue weighted by molar-refractivity contribution is -0.118. The number of carbonyl (C=O) groups is 1. The van der Waals surface area contributed by atoms with Crippen LogP contribution in [0.2, 0.25) is 0 Å². The van der Waals surface area contributed by atoms with Gasteiger partial charge in [-0.1, -0.05) is 45.4 Å². The van der Waals surface area contributed by atoms with Gasteiger partial charge in [0, 0.05) is 25.5 Å². The van der Waals surface area contributed by atoms with Gasteiger partial charge in [0.2, 0.25) is 5.91 Å². The van der Waals surface area contributed by atoms with E-state index in [1.54, 1.807) is 24.3 Å². The second kappa shape index (κ2) is 10.5. The molecular formula is C24H32N6O4. The number of unbranched alkanes of at least 4 members (excludes halogenated alkanes) is 1. The molecule has 182 valence electrons. The van der Waals surface area contributed by atoms with Gasteiger partial charge in [0.15, 0.2) is 5.69 Å². The van der Waals surface area contributed by atoms with Crippen LogP contribution in [0.1, 0.15) is 45.7 Å². The van der Waals surface area contributed by atoms with Gasteiger partial charge >= 0.3 is 5.69 Å². The number of nitrogen functional groups attached to an aromatic ring is 1. The first-order valence-corrected chi connectivity index (χ1v) is 11.5. The first kappa shape index (κ1) is 24.9. The van der Waals surface area contributed by atoms with E-state index in [9.17, 15) is 19.2 Å². The van der Waals surface area contributed by atoms with E-state index in [4.69, 9.17) is 5.73 Å². The van der Waals surface area contributed by atoms with Crippen molar-refractivity contribution in [2.75, 3.05) is 17.2 Å². The molecule has 0 aliphatic carbocycles. The normalized spacial score (nSPS) is 11.3. The first-order chi connectivity index (χ1) is 16.1. The van der Waals surface area contributed by atoms with Crippen molar-refractivity contribution < 1.29 is 4.79 Å². The third-order valence-electron chi connectivity index (χ3n) is 5.80. The molecule has 0 bridgehead atoms. The van der Waals surface area contributed by atoms with Crippen molar-refractivity contribution >= 4 is 28.2 Å². The fraction of sp³-hybridized carbons (Fsp3) is 0.458. The summed E-state index contributed by atoms with van der Waals surface area (Å²) in [5.41, 5.74) is 5.12. The van der Waals surface area contributed by atoms with Crippen LogP contribution in [0, 0.1) is 5.92 Å². The van der Waals surface area contributed by atoms with Gasteiger partial charge in [-0.05, 0) is 24.8 Å². The number of nitrogens with two attached hydrogens (primary N) is 1. The van der Waals surface area contributed by atoms with Gasteiger partial charge in [-0.25, -0.2) is 9.48 Å². The molecule has 1 aromatic carbocycles. The number of amides is 1. The van der Waals surface area contributed by atoms with E-state index >= 15 is 0 Å². The zero-order valence-electron chi connectivity index (χ0n) is 20.1. The zero-order valence-corrected chi connectivity index (χ0v) is 20.1. The molecule has 0 spiro atoms. The average Bonchev–Trinajstić information content (AvgIpc) is 2.78. The summed E-state index contributed by atoms with van der Waals surface area (Å²) in [5, 5.41) is 5.35. The van der Waals surface area contributed by atoms with Crippen molar-refractivity contribution in [1.82, 2.24) is 19.3 Å². The van der Waals surface area contributed by atoms with Crippen molar-refractivity contribution in [1.29, 1.82) is 0 Å². The van der Waals surface area contributed by atoms with E-state index < -0.39 is 17.2 Å². The van der Waals surface area contributed by atoms with Gasteiger partial charge in [0.05, 0.1) is 17.5 Å². The second-order valence-electron chi connectivity index (χ2n) is 8.82. The maximum absolute atomic E-state index is 13.6. The highest BCUT2D eigenvalue weighted by molar-refractivity contribution is 5.98. The van der Waals surface area contributed by atoms with Gasteiger partial charge < -0.3 is 10.6 Å². The van der Waals surface area contributed by atoms with E-state index in [1.807, 2.05) is 20.8 Å². The molecule has 2 aromatic heterocycles. The molecule has 0 aliphatic heterocycles. The van der Waals surface area contributed by atoms with Crippen LogP contribution in [-0.2, 0) is 24.8 Å².